The highest BCUT2D eigenvalue weighted by Crippen LogP contribution is 2.25. The minimum atomic E-state index is -3.26. The Morgan fingerprint density at radius 3 is 2.50 bits per heavy atom. The van der Waals surface area contributed by atoms with Crippen LogP contribution in [0, 0.1) is 5.92 Å². The van der Waals surface area contributed by atoms with Gasteiger partial charge in [0.2, 0.25) is 5.91 Å². The molecule has 110 valence electrons. The van der Waals surface area contributed by atoms with E-state index in [0.717, 1.165) is 31.9 Å². The van der Waals surface area contributed by atoms with Crippen LogP contribution in [0.25, 0.3) is 0 Å². The Kier molecular flexibility index (Phi) is 4.45. The van der Waals surface area contributed by atoms with Crippen molar-refractivity contribution in [3.05, 3.63) is 24.3 Å². The average Bonchev–Trinajstić information content (AvgIpc) is 2.38. The lowest BCUT2D eigenvalue weighted by atomic mass is 9.86. The number of nitrogens with one attached hydrogen (secondary N) is 1. The van der Waals surface area contributed by atoms with Crippen LogP contribution in [-0.2, 0) is 14.6 Å². The van der Waals surface area contributed by atoms with Gasteiger partial charge in [-0.05, 0) is 43.9 Å². The van der Waals surface area contributed by atoms with Crippen LogP contribution in [0.4, 0.5) is 5.69 Å². The summed E-state index contributed by atoms with van der Waals surface area (Å²) in [7, 11) is -3.26. The number of carbonyl (C=O) groups excluding carboxylic acids is 1. The molecule has 0 saturated heterocycles. The predicted octanol–water partition coefficient (Wildman–Crippen LogP) is 1.55. The van der Waals surface area contributed by atoms with Crippen LogP contribution in [0.15, 0.2) is 29.2 Å². The molecule has 3 N–H and O–H groups in total. The van der Waals surface area contributed by atoms with E-state index in [1.54, 1.807) is 12.1 Å². The fourth-order valence-electron chi connectivity index (χ4n) is 2.43. The first kappa shape index (κ1) is 15.0. The molecular formula is C14H20N2O3S. The molecular weight excluding hydrogens is 276 g/mol. The van der Waals surface area contributed by atoms with Crippen molar-refractivity contribution < 1.29 is 13.2 Å². The van der Waals surface area contributed by atoms with Gasteiger partial charge in [0.25, 0.3) is 0 Å². The van der Waals surface area contributed by atoms with E-state index in [0.29, 0.717) is 5.69 Å². The molecule has 6 heteroatoms. The summed E-state index contributed by atoms with van der Waals surface area (Å²) in [4.78, 5) is 12.3. The number of hydrogen-bond donors (Lipinski definition) is 2. The lowest BCUT2D eigenvalue weighted by Crippen LogP contribution is -2.32. The minimum Gasteiger partial charge on any atom is -0.328 e. The molecule has 1 amide bonds. The molecule has 0 radical (unpaired) electrons. The largest absolute Gasteiger partial charge is 0.328 e. The van der Waals surface area contributed by atoms with Crippen LogP contribution in [0.2, 0.25) is 0 Å². The summed E-state index contributed by atoms with van der Waals surface area (Å²) >= 11 is 0. The molecule has 0 atom stereocenters. The third kappa shape index (κ3) is 3.80. The number of nitrogens with two attached hydrogens (primary N) is 1. The lowest BCUT2D eigenvalue weighted by molar-refractivity contribution is -0.120. The second-order valence-corrected chi connectivity index (χ2v) is 7.42. The fraction of sp³-hybridized carbons (Fsp3) is 0.500. The molecule has 1 aliphatic rings. The molecule has 0 aliphatic heterocycles. The van der Waals surface area contributed by atoms with E-state index in [9.17, 15) is 13.2 Å². The van der Waals surface area contributed by atoms with Crippen molar-refractivity contribution in [3.63, 3.8) is 0 Å². The van der Waals surface area contributed by atoms with Crippen molar-refractivity contribution in [2.45, 2.75) is 36.6 Å². The first-order valence-electron chi connectivity index (χ1n) is 6.73. The maximum Gasteiger partial charge on any atom is 0.227 e. The van der Waals surface area contributed by atoms with Gasteiger partial charge in [-0.3, -0.25) is 4.79 Å². The van der Waals surface area contributed by atoms with Gasteiger partial charge < -0.3 is 11.1 Å². The summed E-state index contributed by atoms with van der Waals surface area (Å²) in [5.41, 5.74) is 6.34. The number of benzene rings is 1. The Bertz CT molecular complexity index is 590. The van der Waals surface area contributed by atoms with Gasteiger partial charge in [-0.25, -0.2) is 8.42 Å². The third-order valence-corrected chi connectivity index (χ3v) is 4.78. The topological polar surface area (TPSA) is 89.3 Å². The summed E-state index contributed by atoms with van der Waals surface area (Å²) in [6.07, 6.45) is 4.46. The summed E-state index contributed by atoms with van der Waals surface area (Å²) in [6.45, 7) is 0. The van der Waals surface area contributed by atoms with Crippen molar-refractivity contribution in [1.82, 2.24) is 0 Å². The summed E-state index contributed by atoms with van der Waals surface area (Å²) in [6, 6.07) is 6.53. The first-order chi connectivity index (χ1) is 9.36. The lowest BCUT2D eigenvalue weighted by Gasteiger charge is -2.25. The second kappa shape index (κ2) is 5.93. The number of rotatable bonds is 3. The van der Waals surface area contributed by atoms with Gasteiger partial charge in [0, 0.05) is 23.9 Å². The number of hydrogen-bond acceptors (Lipinski definition) is 4. The Labute approximate surface area is 119 Å². The zero-order chi connectivity index (χ0) is 14.8. The van der Waals surface area contributed by atoms with Gasteiger partial charge in [-0.15, -0.1) is 0 Å². The quantitative estimate of drug-likeness (QED) is 0.885. The van der Waals surface area contributed by atoms with Gasteiger partial charge in [-0.1, -0.05) is 6.07 Å². The highest BCUT2D eigenvalue weighted by Gasteiger charge is 2.24. The molecule has 1 fully saturated rings. The molecule has 0 heterocycles. The molecule has 0 spiro atoms. The van der Waals surface area contributed by atoms with Gasteiger partial charge in [0.15, 0.2) is 9.84 Å². The van der Waals surface area contributed by atoms with E-state index >= 15 is 0 Å². The molecule has 1 aromatic carbocycles. The molecule has 1 aromatic rings. The predicted molar refractivity (Wildman–Crippen MR) is 78.1 cm³/mol. The molecule has 0 unspecified atom stereocenters. The van der Waals surface area contributed by atoms with Crippen molar-refractivity contribution in [2.24, 2.45) is 11.7 Å². The Hall–Kier alpha value is -1.40. The summed E-state index contributed by atoms with van der Waals surface area (Å²) in [5, 5.41) is 2.79. The number of anilines is 1. The van der Waals surface area contributed by atoms with Gasteiger partial charge in [-0.2, -0.15) is 0 Å². The number of amides is 1. The monoisotopic (exact) mass is 296 g/mol. The van der Waals surface area contributed by atoms with Gasteiger partial charge in [0.05, 0.1) is 4.90 Å². The van der Waals surface area contributed by atoms with E-state index in [2.05, 4.69) is 5.32 Å². The fourth-order valence-corrected chi connectivity index (χ4v) is 3.10. The van der Waals surface area contributed by atoms with Crippen LogP contribution in [0.1, 0.15) is 25.7 Å². The number of sulfone groups is 1. The summed E-state index contributed by atoms with van der Waals surface area (Å²) < 4.78 is 23.0. The van der Waals surface area contributed by atoms with Crippen LogP contribution in [0.5, 0.6) is 0 Å². The van der Waals surface area contributed by atoms with Gasteiger partial charge in [0.1, 0.15) is 0 Å². The van der Waals surface area contributed by atoms with Crippen LogP contribution < -0.4 is 11.1 Å². The molecule has 5 nitrogen and oxygen atoms in total. The van der Waals surface area contributed by atoms with E-state index < -0.39 is 9.84 Å². The Balaban J connectivity index is 2.05. The summed E-state index contributed by atoms with van der Waals surface area (Å²) in [5.74, 6) is -0.0840. The van der Waals surface area contributed by atoms with E-state index in [1.807, 2.05) is 0 Å². The molecule has 1 saturated carbocycles. The van der Waals surface area contributed by atoms with Crippen molar-refractivity contribution >= 4 is 21.4 Å². The smallest absolute Gasteiger partial charge is 0.227 e. The Morgan fingerprint density at radius 1 is 1.25 bits per heavy atom. The molecule has 0 bridgehead atoms. The third-order valence-electron chi connectivity index (χ3n) is 3.67. The molecule has 0 aromatic heterocycles. The maximum absolute atomic E-state index is 12.1. The van der Waals surface area contributed by atoms with Crippen molar-refractivity contribution in [1.29, 1.82) is 0 Å². The molecule has 20 heavy (non-hydrogen) atoms. The normalized spacial score (nSPS) is 23.3. The molecule has 2 rings (SSSR count). The van der Waals surface area contributed by atoms with E-state index in [1.165, 1.54) is 12.1 Å². The van der Waals surface area contributed by atoms with Crippen LogP contribution in [-0.4, -0.2) is 26.6 Å². The number of carbonyl (C=O) groups is 1. The first-order valence-corrected chi connectivity index (χ1v) is 8.62. The molecule has 1 aliphatic carbocycles. The zero-order valence-electron chi connectivity index (χ0n) is 11.5. The van der Waals surface area contributed by atoms with E-state index in [4.69, 9.17) is 5.73 Å². The highest BCUT2D eigenvalue weighted by molar-refractivity contribution is 7.90. The van der Waals surface area contributed by atoms with Crippen molar-refractivity contribution in [2.75, 3.05) is 11.6 Å². The average molecular weight is 296 g/mol. The van der Waals surface area contributed by atoms with Crippen molar-refractivity contribution in [3.8, 4) is 0 Å². The van der Waals surface area contributed by atoms with E-state index in [-0.39, 0.29) is 22.8 Å². The SMILES string of the molecule is CS(=O)(=O)c1cccc(NC(=O)C2CCC(N)CC2)c1. The Morgan fingerprint density at radius 2 is 1.90 bits per heavy atom. The van der Waals surface area contributed by atoms with Crippen LogP contribution >= 0.6 is 0 Å². The maximum atomic E-state index is 12.1. The second-order valence-electron chi connectivity index (χ2n) is 5.40. The van der Waals surface area contributed by atoms with Crippen LogP contribution in [0.3, 0.4) is 0 Å². The highest BCUT2D eigenvalue weighted by atomic mass is 32.2. The minimum absolute atomic E-state index is 0.0308. The standard InChI is InChI=1S/C14H20N2O3S/c1-20(18,19)13-4-2-3-12(9-13)16-14(17)10-5-7-11(15)8-6-10/h2-4,9-11H,5-8,15H2,1H3,(H,16,17). The zero-order valence-corrected chi connectivity index (χ0v) is 12.3. The van der Waals surface area contributed by atoms with Gasteiger partial charge >= 0.3 is 0 Å².